The standard InChI is InChI=1S/C16H18N/c1-4-13-14-7-5-6-8-15(14)17(3)10-9-12(2)11-16(13)17/h5-11H,4H2,1-3H3/q+1. The first kappa shape index (κ1) is 10.5. The molecule has 17 heavy (non-hydrogen) atoms. The number of allylic oxidation sites excluding steroid dienone is 4. The smallest absolute Gasteiger partial charge is 0.150 e. The van der Waals surface area contributed by atoms with E-state index in [1.54, 1.807) is 0 Å². The molecule has 0 amide bonds. The van der Waals surface area contributed by atoms with Crippen molar-refractivity contribution in [3.05, 3.63) is 59.5 Å². The van der Waals surface area contributed by atoms with E-state index in [-0.39, 0.29) is 0 Å². The van der Waals surface area contributed by atoms with Crippen LogP contribution in [0.4, 0.5) is 5.69 Å². The second kappa shape index (κ2) is 3.44. The third kappa shape index (κ3) is 1.29. The predicted molar refractivity (Wildman–Crippen MR) is 74.3 cm³/mol. The summed E-state index contributed by atoms with van der Waals surface area (Å²) in [7, 11) is 2.27. The molecule has 1 unspecified atom stereocenters. The van der Waals surface area contributed by atoms with E-state index in [1.165, 1.54) is 28.1 Å². The van der Waals surface area contributed by atoms with Crippen LogP contribution in [0.3, 0.4) is 0 Å². The zero-order valence-corrected chi connectivity index (χ0v) is 10.7. The highest BCUT2D eigenvalue weighted by atomic mass is 15.3. The van der Waals surface area contributed by atoms with Crippen LogP contribution in [-0.4, -0.2) is 7.05 Å². The minimum Gasteiger partial charge on any atom is -0.234 e. The molecule has 0 saturated heterocycles. The average molecular weight is 224 g/mol. The lowest BCUT2D eigenvalue weighted by atomic mass is 10.0. The van der Waals surface area contributed by atoms with Crippen LogP contribution in [0, 0.1) is 0 Å². The lowest BCUT2D eigenvalue weighted by Gasteiger charge is -2.29. The topological polar surface area (TPSA) is 0 Å². The van der Waals surface area contributed by atoms with Gasteiger partial charge in [-0.2, -0.15) is 0 Å². The molecule has 1 nitrogen and oxygen atoms in total. The minimum absolute atomic E-state index is 0.830. The molecule has 0 bridgehead atoms. The van der Waals surface area contributed by atoms with Gasteiger partial charge in [-0.3, -0.25) is 0 Å². The maximum Gasteiger partial charge on any atom is 0.150 e. The van der Waals surface area contributed by atoms with Crippen LogP contribution in [0.1, 0.15) is 25.8 Å². The summed E-state index contributed by atoms with van der Waals surface area (Å²) >= 11 is 0. The van der Waals surface area contributed by atoms with Gasteiger partial charge in [0.25, 0.3) is 0 Å². The van der Waals surface area contributed by atoms with E-state index in [9.17, 15) is 0 Å². The van der Waals surface area contributed by atoms with E-state index < -0.39 is 0 Å². The Hall–Kier alpha value is -1.60. The van der Waals surface area contributed by atoms with Gasteiger partial charge in [-0.25, -0.2) is 4.48 Å². The summed E-state index contributed by atoms with van der Waals surface area (Å²) in [5.41, 5.74) is 7.09. The number of benzene rings is 1. The van der Waals surface area contributed by atoms with Gasteiger partial charge in [0.2, 0.25) is 0 Å². The Kier molecular flexibility index (Phi) is 2.14. The Morgan fingerprint density at radius 2 is 1.94 bits per heavy atom. The highest BCUT2D eigenvalue weighted by Gasteiger charge is 2.40. The summed E-state index contributed by atoms with van der Waals surface area (Å²) in [6.45, 7) is 4.42. The van der Waals surface area contributed by atoms with Crippen molar-refractivity contribution < 1.29 is 0 Å². The van der Waals surface area contributed by atoms with Crippen LogP contribution in [0.2, 0.25) is 0 Å². The molecule has 0 aromatic heterocycles. The first-order chi connectivity index (χ1) is 8.16. The summed E-state index contributed by atoms with van der Waals surface area (Å²) in [6, 6.07) is 8.77. The number of fused-ring (bicyclic) bond motifs is 3. The Bertz CT molecular complexity index is 575. The molecule has 2 aliphatic heterocycles. The van der Waals surface area contributed by atoms with Gasteiger partial charge >= 0.3 is 0 Å². The molecule has 0 saturated carbocycles. The summed E-state index contributed by atoms with van der Waals surface area (Å²) < 4.78 is 0.830. The number of nitrogens with zero attached hydrogens (tertiary/aromatic N) is 1. The summed E-state index contributed by atoms with van der Waals surface area (Å²) in [6.07, 6.45) is 7.95. The molecular weight excluding hydrogens is 206 g/mol. The highest BCUT2D eigenvalue weighted by Crippen LogP contribution is 2.47. The van der Waals surface area contributed by atoms with E-state index in [2.05, 4.69) is 63.5 Å². The zero-order chi connectivity index (χ0) is 12.0. The quantitative estimate of drug-likeness (QED) is 0.626. The molecular formula is C16H18N+. The first-order valence-electron chi connectivity index (χ1n) is 6.24. The van der Waals surface area contributed by atoms with Gasteiger partial charge in [0.15, 0.2) is 0 Å². The molecule has 2 heterocycles. The van der Waals surface area contributed by atoms with E-state index in [0.717, 1.165) is 10.9 Å². The van der Waals surface area contributed by atoms with Crippen LogP contribution in [0.5, 0.6) is 0 Å². The summed E-state index contributed by atoms with van der Waals surface area (Å²) in [5.74, 6) is 0. The van der Waals surface area contributed by atoms with Crippen molar-refractivity contribution in [3.8, 4) is 0 Å². The molecule has 2 aliphatic rings. The van der Waals surface area contributed by atoms with Crippen molar-refractivity contribution in [2.75, 3.05) is 7.05 Å². The molecule has 86 valence electrons. The summed E-state index contributed by atoms with van der Waals surface area (Å²) in [4.78, 5) is 0. The number of hydrogen-bond acceptors (Lipinski definition) is 0. The minimum atomic E-state index is 0.830. The van der Waals surface area contributed by atoms with Crippen molar-refractivity contribution in [1.29, 1.82) is 0 Å². The van der Waals surface area contributed by atoms with Crippen molar-refractivity contribution in [1.82, 2.24) is 4.48 Å². The summed E-state index contributed by atoms with van der Waals surface area (Å²) in [5, 5.41) is 0. The van der Waals surface area contributed by atoms with Crippen molar-refractivity contribution >= 4 is 11.3 Å². The van der Waals surface area contributed by atoms with Crippen LogP contribution in [0.25, 0.3) is 5.57 Å². The third-order valence-electron chi connectivity index (χ3n) is 3.89. The second-order valence-corrected chi connectivity index (χ2v) is 5.01. The lowest BCUT2D eigenvalue weighted by molar-refractivity contribution is 0.569. The SMILES string of the molecule is CCC1=C2C=C(C)C=C[N+]2(C)c2ccccc21. The van der Waals surface area contributed by atoms with E-state index >= 15 is 0 Å². The maximum atomic E-state index is 2.33. The fourth-order valence-electron chi connectivity index (χ4n) is 2.97. The zero-order valence-electron chi connectivity index (χ0n) is 10.7. The van der Waals surface area contributed by atoms with Gasteiger partial charge in [-0.05, 0) is 31.1 Å². The molecule has 0 fully saturated rings. The number of para-hydroxylation sites is 1. The predicted octanol–water partition coefficient (Wildman–Crippen LogP) is 4.23. The van der Waals surface area contributed by atoms with E-state index in [4.69, 9.17) is 0 Å². The second-order valence-electron chi connectivity index (χ2n) is 5.01. The van der Waals surface area contributed by atoms with Gasteiger partial charge < -0.3 is 0 Å². The van der Waals surface area contributed by atoms with Gasteiger partial charge in [-0.15, -0.1) is 0 Å². The molecule has 1 aromatic carbocycles. The Morgan fingerprint density at radius 1 is 1.18 bits per heavy atom. The van der Waals surface area contributed by atoms with Crippen LogP contribution < -0.4 is 4.48 Å². The maximum absolute atomic E-state index is 2.33. The lowest BCUT2D eigenvalue weighted by Crippen LogP contribution is -2.36. The van der Waals surface area contributed by atoms with Gasteiger partial charge in [0, 0.05) is 23.3 Å². The average Bonchev–Trinajstić information content (AvgIpc) is 2.59. The largest absolute Gasteiger partial charge is 0.234 e. The van der Waals surface area contributed by atoms with Crippen molar-refractivity contribution in [2.45, 2.75) is 20.3 Å². The fraction of sp³-hybridized carbons (Fsp3) is 0.250. The van der Waals surface area contributed by atoms with Crippen molar-refractivity contribution in [3.63, 3.8) is 0 Å². The normalized spacial score (nSPS) is 25.7. The molecule has 0 N–H and O–H groups in total. The Labute approximate surface area is 103 Å². The number of quaternary nitrogens is 1. The Balaban J connectivity index is 2.33. The molecule has 0 aliphatic carbocycles. The molecule has 1 heteroatoms. The van der Waals surface area contributed by atoms with Gasteiger partial charge in [0.1, 0.15) is 17.6 Å². The molecule has 0 radical (unpaired) electrons. The number of hydrogen-bond donors (Lipinski definition) is 0. The number of rotatable bonds is 1. The first-order valence-corrected chi connectivity index (χ1v) is 6.24. The van der Waals surface area contributed by atoms with Crippen LogP contribution >= 0.6 is 0 Å². The number of likely N-dealkylation sites (N-methyl/N-ethyl adjacent to an activating group) is 1. The van der Waals surface area contributed by atoms with Gasteiger partial charge in [-0.1, -0.05) is 19.1 Å². The molecule has 1 aromatic rings. The molecule has 0 spiro atoms. The third-order valence-corrected chi connectivity index (χ3v) is 3.89. The molecule has 1 atom stereocenters. The van der Waals surface area contributed by atoms with Crippen LogP contribution in [-0.2, 0) is 0 Å². The van der Waals surface area contributed by atoms with E-state index in [0.29, 0.717) is 0 Å². The van der Waals surface area contributed by atoms with Crippen molar-refractivity contribution in [2.24, 2.45) is 0 Å². The highest BCUT2D eigenvalue weighted by molar-refractivity contribution is 5.88. The monoisotopic (exact) mass is 224 g/mol. The molecule has 3 rings (SSSR count). The van der Waals surface area contributed by atoms with E-state index in [1.807, 2.05) is 0 Å². The van der Waals surface area contributed by atoms with Crippen LogP contribution in [0.15, 0.2) is 53.9 Å². The fourth-order valence-corrected chi connectivity index (χ4v) is 2.97. The van der Waals surface area contributed by atoms with Gasteiger partial charge in [0.05, 0.1) is 7.05 Å². The Morgan fingerprint density at radius 3 is 2.71 bits per heavy atom.